The Morgan fingerprint density at radius 1 is 1.08 bits per heavy atom. The molecule has 0 saturated carbocycles. The average Bonchev–Trinajstić information content (AvgIpc) is 2.56. The molecule has 0 saturated heterocycles. The van der Waals surface area contributed by atoms with Gasteiger partial charge < -0.3 is 5.32 Å². The monoisotopic (exact) mass is 382 g/mol. The summed E-state index contributed by atoms with van der Waals surface area (Å²) in [6.45, 7) is 7.68. The van der Waals surface area contributed by atoms with Crippen LogP contribution in [0.1, 0.15) is 65.4 Å². The first kappa shape index (κ1) is 22.6. The van der Waals surface area contributed by atoms with Gasteiger partial charge >= 0.3 is 0 Å². The van der Waals surface area contributed by atoms with Crippen LogP contribution in [0.15, 0.2) is 24.3 Å². The number of aryl methyl sites for hydroxylation is 1. The molecule has 0 spiro atoms. The highest BCUT2D eigenvalue weighted by atomic mass is 32.2. The number of unbranched alkanes of at least 4 members (excludes halogenated alkanes) is 2. The molecule has 1 rings (SSSR count). The minimum absolute atomic E-state index is 0.0346. The van der Waals surface area contributed by atoms with E-state index in [1.54, 1.807) is 27.8 Å². The zero-order valence-electron chi connectivity index (χ0n) is 16.8. The number of hydrogen-bond donors (Lipinski definition) is 1. The summed E-state index contributed by atoms with van der Waals surface area (Å²) in [5.74, 6) is -0.0346. The standard InChI is InChI=1S/C20H34N2O3S/c1-6-7-10-17-12-14-18(15-13-17)21-19(23)11-8-9-16-22(5)26(24,25)20(2,3)4/h12-15H,6-11,16H2,1-5H3,(H,21,23). The molecular formula is C20H34N2O3S. The SMILES string of the molecule is CCCCc1ccc(NC(=O)CCCCN(C)S(=O)(=O)C(C)(C)C)cc1. The van der Waals surface area contributed by atoms with Gasteiger partial charge in [-0.05, 0) is 64.2 Å². The first-order valence-corrected chi connectivity index (χ1v) is 10.9. The van der Waals surface area contributed by atoms with Crippen LogP contribution < -0.4 is 5.32 Å². The van der Waals surface area contributed by atoms with Gasteiger partial charge in [-0.15, -0.1) is 0 Å². The van der Waals surface area contributed by atoms with Gasteiger partial charge in [-0.25, -0.2) is 12.7 Å². The lowest BCUT2D eigenvalue weighted by molar-refractivity contribution is -0.116. The average molecular weight is 383 g/mol. The molecule has 1 N–H and O–H groups in total. The fraction of sp³-hybridized carbons (Fsp3) is 0.650. The van der Waals surface area contributed by atoms with Crippen LogP contribution in [0.4, 0.5) is 5.69 Å². The maximum Gasteiger partial charge on any atom is 0.224 e. The topological polar surface area (TPSA) is 66.5 Å². The molecule has 1 aromatic rings. The lowest BCUT2D eigenvalue weighted by Crippen LogP contribution is -2.41. The van der Waals surface area contributed by atoms with Gasteiger partial charge in [0.2, 0.25) is 15.9 Å². The van der Waals surface area contributed by atoms with Gasteiger partial charge in [-0.3, -0.25) is 4.79 Å². The van der Waals surface area contributed by atoms with Crippen LogP contribution in [-0.2, 0) is 21.2 Å². The maximum atomic E-state index is 12.3. The Balaban J connectivity index is 2.35. The number of hydrogen-bond acceptors (Lipinski definition) is 3. The fourth-order valence-corrected chi connectivity index (χ4v) is 3.87. The van der Waals surface area contributed by atoms with Gasteiger partial charge in [0, 0.05) is 25.7 Å². The third-order valence-electron chi connectivity index (χ3n) is 4.37. The Morgan fingerprint density at radius 2 is 1.69 bits per heavy atom. The third kappa shape index (κ3) is 7.08. The molecule has 0 aliphatic heterocycles. The van der Waals surface area contributed by atoms with Gasteiger partial charge in [-0.2, -0.15) is 0 Å². The molecule has 0 aliphatic carbocycles. The zero-order valence-corrected chi connectivity index (χ0v) is 17.7. The van der Waals surface area contributed by atoms with Crippen LogP contribution in [-0.4, -0.2) is 37.0 Å². The van der Waals surface area contributed by atoms with Crippen molar-refractivity contribution in [1.82, 2.24) is 4.31 Å². The molecule has 6 heteroatoms. The molecule has 26 heavy (non-hydrogen) atoms. The lowest BCUT2D eigenvalue weighted by atomic mass is 10.1. The van der Waals surface area contributed by atoms with E-state index in [1.807, 2.05) is 12.1 Å². The predicted octanol–water partition coefficient (Wildman–Crippen LogP) is 4.20. The summed E-state index contributed by atoms with van der Waals surface area (Å²) < 4.78 is 25.1. The molecule has 0 bridgehead atoms. The van der Waals surface area contributed by atoms with Gasteiger partial charge in [0.25, 0.3) is 0 Å². The van der Waals surface area contributed by atoms with E-state index in [0.29, 0.717) is 25.8 Å². The largest absolute Gasteiger partial charge is 0.326 e. The number of anilines is 1. The van der Waals surface area contributed by atoms with Crippen molar-refractivity contribution in [1.29, 1.82) is 0 Å². The lowest BCUT2D eigenvalue weighted by Gasteiger charge is -2.26. The first-order valence-electron chi connectivity index (χ1n) is 9.42. The van der Waals surface area contributed by atoms with E-state index < -0.39 is 14.8 Å². The Morgan fingerprint density at radius 3 is 2.23 bits per heavy atom. The van der Waals surface area contributed by atoms with E-state index in [2.05, 4.69) is 24.4 Å². The zero-order chi connectivity index (χ0) is 19.8. The molecule has 0 heterocycles. The van der Waals surface area contributed by atoms with Crippen molar-refractivity contribution in [3.05, 3.63) is 29.8 Å². The quantitative estimate of drug-likeness (QED) is 0.617. The second-order valence-corrected chi connectivity index (χ2v) is 10.5. The van der Waals surface area contributed by atoms with E-state index in [0.717, 1.165) is 12.1 Å². The van der Waals surface area contributed by atoms with E-state index >= 15 is 0 Å². The summed E-state index contributed by atoms with van der Waals surface area (Å²) >= 11 is 0. The highest BCUT2D eigenvalue weighted by Crippen LogP contribution is 2.19. The van der Waals surface area contributed by atoms with Gasteiger partial charge in [-0.1, -0.05) is 25.5 Å². The molecule has 0 unspecified atom stereocenters. The molecule has 0 fully saturated rings. The number of amides is 1. The second kappa shape index (κ2) is 10.1. The number of rotatable bonds is 10. The smallest absolute Gasteiger partial charge is 0.224 e. The van der Waals surface area contributed by atoms with Crippen LogP contribution in [0.2, 0.25) is 0 Å². The van der Waals surface area contributed by atoms with E-state index in [-0.39, 0.29) is 5.91 Å². The van der Waals surface area contributed by atoms with Crippen molar-refractivity contribution in [3.8, 4) is 0 Å². The summed E-state index contributed by atoms with van der Waals surface area (Å²) in [5.41, 5.74) is 2.09. The summed E-state index contributed by atoms with van der Waals surface area (Å²) in [5, 5.41) is 2.90. The third-order valence-corrected chi connectivity index (χ3v) is 6.92. The summed E-state index contributed by atoms with van der Waals surface area (Å²) in [6.07, 6.45) is 5.12. The Kier molecular flexibility index (Phi) is 8.77. The van der Waals surface area contributed by atoms with E-state index in [1.165, 1.54) is 22.7 Å². The van der Waals surface area contributed by atoms with Crippen LogP contribution >= 0.6 is 0 Å². The minimum atomic E-state index is -3.30. The summed E-state index contributed by atoms with van der Waals surface area (Å²) in [6, 6.07) is 7.98. The second-order valence-electron chi connectivity index (χ2n) is 7.74. The number of nitrogens with one attached hydrogen (secondary N) is 1. The minimum Gasteiger partial charge on any atom is -0.326 e. The van der Waals surface area contributed by atoms with Crippen LogP contribution in [0.5, 0.6) is 0 Å². The van der Waals surface area contributed by atoms with Crippen LogP contribution in [0, 0.1) is 0 Å². The molecule has 1 aromatic carbocycles. The number of carbonyl (C=O) groups excluding carboxylic acids is 1. The Labute approximate surface area is 159 Å². The fourth-order valence-electron chi connectivity index (χ4n) is 2.57. The van der Waals surface area contributed by atoms with Crippen molar-refractivity contribution in [2.75, 3.05) is 18.9 Å². The van der Waals surface area contributed by atoms with E-state index in [9.17, 15) is 13.2 Å². The molecule has 0 aliphatic rings. The van der Waals surface area contributed by atoms with Gasteiger partial charge in [0.15, 0.2) is 0 Å². The maximum absolute atomic E-state index is 12.3. The number of benzene rings is 1. The summed E-state index contributed by atoms with van der Waals surface area (Å²) in [7, 11) is -1.71. The van der Waals surface area contributed by atoms with E-state index in [4.69, 9.17) is 0 Å². The molecule has 5 nitrogen and oxygen atoms in total. The van der Waals surface area contributed by atoms with Crippen LogP contribution in [0.25, 0.3) is 0 Å². The normalized spacial score (nSPS) is 12.4. The van der Waals surface area contributed by atoms with Crippen molar-refractivity contribution >= 4 is 21.6 Å². The number of nitrogens with zero attached hydrogens (tertiary/aromatic N) is 1. The Bertz CT molecular complexity index is 661. The Hall–Kier alpha value is -1.40. The molecule has 0 atom stereocenters. The molecule has 1 amide bonds. The molecule has 148 valence electrons. The highest BCUT2D eigenvalue weighted by molar-refractivity contribution is 7.90. The molecule has 0 radical (unpaired) electrons. The predicted molar refractivity (Wildman–Crippen MR) is 109 cm³/mol. The van der Waals surface area contributed by atoms with Crippen molar-refractivity contribution < 1.29 is 13.2 Å². The van der Waals surface area contributed by atoms with Crippen molar-refractivity contribution in [3.63, 3.8) is 0 Å². The number of sulfonamides is 1. The number of carbonyl (C=O) groups is 1. The first-order chi connectivity index (χ1) is 12.1. The highest BCUT2D eigenvalue weighted by Gasteiger charge is 2.32. The summed E-state index contributed by atoms with van der Waals surface area (Å²) in [4.78, 5) is 12.0. The van der Waals surface area contributed by atoms with Gasteiger partial charge in [0.05, 0.1) is 4.75 Å². The van der Waals surface area contributed by atoms with Crippen molar-refractivity contribution in [2.45, 2.75) is 71.0 Å². The van der Waals surface area contributed by atoms with Crippen LogP contribution in [0.3, 0.4) is 0 Å². The molecule has 0 aromatic heterocycles. The molecular weight excluding hydrogens is 348 g/mol. The van der Waals surface area contributed by atoms with Crippen molar-refractivity contribution in [2.24, 2.45) is 0 Å². The van der Waals surface area contributed by atoms with Gasteiger partial charge in [0.1, 0.15) is 0 Å².